The van der Waals surface area contributed by atoms with Crippen LogP contribution in [-0.4, -0.2) is 19.8 Å². The molecule has 2 nitrogen and oxygen atoms in total. The van der Waals surface area contributed by atoms with Gasteiger partial charge in [-0.3, -0.25) is 0 Å². The first kappa shape index (κ1) is 7.34. The molecule has 0 bridgehead atoms. The van der Waals surface area contributed by atoms with E-state index in [-0.39, 0.29) is 13.2 Å². The molecule has 0 aliphatic carbocycles. The summed E-state index contributed by atoms with van der Waals surface area (Å²) < 4.78 is 10.9. The van der Waals surface area contributed by atoms with Crippen LogP contribution in [0.4, 0.5) is 0 Å². The minimum absolute atomic E-state index is 0.115. The van der Waals surface area contributed by atoms with Crippen molar-refractivity contribution in [3.8, 4) is 0 Å². The van der Waals surface area contributed by atoms with E-state index in [1.807, 2.05) is 18.4 Å². The zero-order valence-corrected chi connectivity index (χ0v) is 7.14. The lowest BCUT2D eigenvalue weighted by Gasteiger charge is -2.00. The van der Waals surface area contributed by atoms with Gasteiger partial charge in [-0.25, -0.2) is 0 Å². The van der Waals surface area contributed by atoms with Crippen LogP contribution in [0.2, 0.25) is 0 Å². The molecule has 1 aromatic rings. The van der Waals surface area contributed by atoms with Gasteiger partial charge in [0.15, 0.2) is 0 Å². The van der Waals surface area contributed by atoms with Crippen LogP contribution >= 0.6 is 11.3 Å². The number of rotatable bonds is 1. The standard InChI is InChI=1S/C7H9BO2S/c1-6-4-9-8(10-6)7-2-3-11-5-7/h2-3,5-6H,4H2,1H3. The molecule has 0 spiro atoms. The second-order valence-electron chi connectivity index (χ2n) is 2.67. The van der Waals surface area contributed by atoms with Gasteiger partial charge < -0.3 is 9.31 Å². The first-order valence-corrected chi connectivity index (χ1v) is 4.59. The third-order valence-electron chi connectivity index (χ3n) is 1.65. The maximum absolute atomic E-state index is 5.49. The maximum atomic E-state index is 5.49. The highest BCUT2D eigenvalue weighted by Crippen LogP contribution is 2.08. The summed E-state index contributed by atoms with van der Waals surface area (Å²) in [6, 6.07) is 2.04. The fraction of sp³-hybridized carbons (Fsp3) is 0.429. The zero-order chi connectivity index (χ0) is 7.68. The highest BCUT2D eigenvalue weighted by atomic mass is 32.1. The van der Waals surface area contributed by atoms with Gasteiger partial charge in [-0.15, -0.1) is 0 Å². The molecule has 0 aromatic carbocycles. The second-order valence-corrected chi connectivity index (χ2v) is 3.45. The van der Waals surface area contributed by atoms with Crippen molar-refractivity contribution < 1.29 is 9.31 Å². The molecule has 1 aliphatic rings. The fourth-order valence-electron chi connectivity index (χ4n) is 1.10. The highest BCUT2D eigenvalue weighted by molar-refractivity contribution is 7.09. The Labute approximate surface area is 70.3 Å². The van der Waals surface area contributed by atoms with Crippen LogP contribution in [0.5, 0.6) is 0 Å². The fourth-order valence-corrected chi connectivity index (χ4v) is 1.76. The van der Waals surface area contributed by atoms with Crippen molar-refractivity contribution in [1.82, 2.24) is 0 Å². The Bertz CT molecular complexity index is 224. The molecule has 2 heterocycles. The van der Waals surface area contributed by atoms with Crippen molar-refractivity contribution in [2.24, 2.45) is 0 Å². The lowest BCUT2D eigenvalue weighted by Crippen LogP contribution is -2.30. The molecule has 1 fully saturated rings. The van der Waals surface area contributed by atoms with Crippen molar-refractivity contribution in [3.63, 3.8) is 0 Å². The maximum Gasteiger partial charge on any atom is 0.495 e. The normalized spacial score (nSPS) is 24.5. The van der Waals surface area contributed by atoms with E-state index in [4.69, 9.17) is 9.31 Å². The summed E-state index contributed by atoms with van der Waals surface area (Å²) in [7, 11) is -0.115. The Morgan fingerprint density at radius 2 is 2.64 bits per heavy atom. The van der Waals surface area contributed by atoms with Crippen molar-refractivity contribution in [3.05, 3.63) is 16.8 Å². The van der Waals surface area contributed by atoms with E-state index < -0.39 is 0 Å². The first-order valence-electron chi connectivity index (χ1n) is 3.65. The molecule has 1 atom stereocenters. The quantitative estimate of drug-likeness (QED) is 0.579. The molecule has 1 aliphatic heterocycles. The van der Waals surface area contributed by atoms with Gasteiger partial charge in [-0.1, -0.05) is 6.07 Å². The molecule has 0 N–H and O–H groups in total. The summed E-state index contributed by atoms with van der Waals surface area (Å²) in [5.74, 6) is 0. The van der Waals surface area contributed by atoms with E-state index >= 15 is 0 Å². The van der Waals surface area contributed by atoms with Gasteiger partial charge in [-0.2, -0.15) is 11.3 Å². The van der Waals surface area contributed by atoms with E-state index in [2.05, 4.69) is 5.38 Å². The Balaban J connectivity index is 2.08. The largest absolute Gasteiger partial charge is 0.495 e. The van der Waals surface area contributed by atoms with Gasteiger partial charge in [0.05, 0.1) is 12.7 Å². The van der Waals surface area contributed by atoms with Crippen LogP contribution in [-0.2, 0) is 9.31 Å². The highest BCUT2D eigenvalue weighted by Gasteiger charge is 2.30. The van der Waals surface area contributed by atoms with Crippen LogP contribution in [0.15, 0.2) is 16.8 Å². The molecule has 0 amide bonds. The summed E-state index contributed by atoms with van der Waals surface area (Å²) in [5.41, 5.74) is 1.14. The van der Waals surface area contributed by atoms with Gasteiger partial charge in [-0.05, 0) is 23.1 Å². The third-order valence-corrected chi connectivity index (χ3v) is 2.36. The van der Waals surface area contributed by atoms with Gasteiger partial charge in [0, 0.05) is 0 Å². The molecule has 0 radical (unpaired) electrons. The minimum atomic E-state index is -0.115. The summed E-state index contributed by atoms with van der Waals surface area (Å²) in [5, 5.41) is 4.09. The van der Waals surface area contributed by atoms with Crippen LogP contribution in [0, 0.1) is 0 Å². The SMILES string of the molecule is CC1COB(c2ccsc2)O1. The predicted molar refractivity (Wildman–Crippen MR) is 46.2 cm³/mol. The van der Waals surface area contributed by atoms with Crippen molar-refractivity contribution in [2.75, 3.05) is 6.61 Å². The van der Waals surface area contributed by atoms with Crippen molar-refractivity contribution >= 4 is 23.9 Å². The molecule has 1 aromatic heterocycles. The van der Waals surface area contributed by atoms with Gasteiger partial charge in [0.2, 0.25) is 0 Å². The Hall–Kier alpha value is -0.315. The summed E-state index contributed by atoms with van der Waals surface area (Å²) in [4.78, 5) is 0. The van der Waals surface area contributed by atoms with Crippen LogP contribution in [0.3, 0.4) is 0 Å². The minimum Gasteiger partial charge on any atom is -0.405 e. The van der Waals surface area contributed by atoms with Crippen molar-refractivity contribution in [1.29, 1.82) is 0 Å². The van der Waals surface area contributed by atoms with Crippen molar-refractivity contribution in [2.45, 2.75) is 13.0 Å². The Morgan fingerprint density at radius 3 is 3.18 bits per heavy atom. The summed E-state index contributed by atoms with van der Waals surface area (Å²) in [6.45, 7) is 2.73. The zero-order valence-electron chi connectivity index (χ0n) is 6.32. The Kier molecular flexibility index (Phi) is 1.98. The monoisotopic (exact) mass is 168 g/mol. The average Bonchev–Trinajstić information content (AvgIpc) is 2.55. The van der Waals surface area contributed by atoms with E-state index in [9.17, 15) is 0 Å². The van der Waals surface area contributed by atoms with Crippen LogP contribution in [0.1, 0.15) is 6.92 Å². The molecule has 1 saturated heterocycles. The lowest BCUT2D eigenvalue weighted by molar-refractivity contribution is 0.258. The summed E-state index contributed by atoms with van der Waals surface area (Å²) in [6.07, 6.45) is 0.236. The molecular formula is C7H9BO2S. The van der Waals surface area contributed by atoms with Crippen LogP contribution in [0.25, 0.3) is 0 Å². The van der Waals surface area contributed by atoms with E-state index in [1.54, 1.807) is 11.3 Å². The smallest absolute Gasteiger partial charge is 0.405 e. The Morgan fingerprint density at radius 1 is 1.73 bits per heavy atom. The predicted octanol–water partition coefficient (Wildman–Crippen LogP) is 0.879. The molecule has 2 rings (SSSR count). The number of hydrogen-bond donors (Lipinski definition) is 0. The van der Waals surface area contributed by atoms with Gasteiger partial charge in [0.1, 0.15) is 0 Å². The number of hydrogen-bond acceptors (Lipinski definition) is 3. The molecule has 0 saturated carbocycles. The second kappa shape index (κ2) is 2.97. The molecule has 1 unspecified atom stereocenters. The molecule has 4 heteroatoms. The third kappa shape index (κ3) is 1.48. The molecule has 11 heavy (non-hydrogen) atoms. The average molecular weight is 168 g/mol. The molecular weight excluding hydrogens is 159 g/mol. The van der Waals surface area contributed by atoms with E-state index in [1.165, 1.54) is 0 Å². The summed E-state index contributed by atoms with van der Waals surface area (Å²) >= 11 is 1.67. The van der Waals surface area contributed by atoms with E-state index in [0.717, 1.165) is 5.46 Å². The number of thiophene rings is 1. The lowest BCUT2D eigenvalue weighted by atomic mass is 9.82. The molecule has 58 valence electrons. The van der Waals surface area contributed by atoms with E-state index in [0.29, 0.717) is 6.61 Å². The van der Waals surface area contributed by atoms with Gasteiger partial charge >= 0.3 is 7.12 Å². The topological polar surface area (TPSA) is 18.5 Å². The van der Waals surface area contributed by atoms with Gasteiger partial charge in [0.25, 0.3) is 0 Å². The first-order chi connectivity index (χ1) is 5.36. The van der Waals surface area contributed by atoms with Crippen LogP contribution < -0.4 is 5.46 Å².